The predicted molar refractivity (Wildman–Crippen MR) is 79.9 cm³/mol. The maximum atomic E-state index is 4.47. The van der Waals surface area contributed by atoms with E-state index in [1.807, 2.05) is 29.8 Å². The first kappa shape index (κ1) is 11.4. The van der Waals surface area contributed by atoms with Crippen LogP contribution in [0.4, 0.5) is 5.13 Å². The van der Waals surface area contributed by atoms with Gasteiger partial charge in [0.2, 0.25) is 5.13 Å². The minimum Gasteiger partial charge on any atom is -0.253 e. The van der Waals surface area contributed by atoms with Gasteiger partial charge in [0, 0.05) is 4.88 Å². The second-order valence-corrected chi connectivity index (χ2v) is 5.89. The standard InChI is InChI=1S/C13H11N3S2/c1-9-4-5-11-12(7-9)18-13(15-11)16-14-8-10-3-2-6-17-10/h2-8H,1H3,(H,15,16)/b14-8+. The van der Waals surface area contributed by atoms with E-state index in [-0.39, 0.29) is 0 Å². The number of aryl methyl sites for hydroxylation is 1. The lowest BCUT2D eigenvalue weighted by molar-refractivity contribution is 1.31. The van der Waals surface area contributed by atoms with Gasteiger partial charge in [0.15, 0.2) is 0 Å². The highest BCUT2D eigenvalue weighted by Crippen LogP contribution is 2.26. The van der Waals surface area contributed by atoms with Crippen LogP contribution in [0.5, 0.6) is 0 Å². The molecule has 0 spiro atoms. The van der Waals surface area contributed by atoms with E-state index in [1.54, 1.807) is 22.7 Å². The number of nitrogens with zero attached hydrogens (tertiary/aromatic N) is 2. The van der Waals surface area contributed by atoms with Gasteiger partial charge in [-0.15, -0.1) is 11.3 Å². The Bertz CT molecular complexity index is 683. The van der Waals surface area contributed by atoms with Gasteiger partial charge in [0.05, 0.1) is 16.4 Å². The van der Waals surface area contributed by atoms with Gasteiger partial charge in [-0.3, -0.25) is 5.43 Å². The van der Waals surface area contributed by atoms with Crippen molar-refractivity contribution in [3.05, 3.63) is 46.2 Å². The molecule has 1 aromatic carbocycles. The van der Waals surface area contributed by atoms with E-state index in [1.165, 1.54) is 10.3 Å². The summed E-state index contributed by atoms with van der Waals surface area (Å²) in [5.74, 6) is 0. The SMILES string of the molecule is Cc1ccc2nc(N/N=C/c3cccs3)sc2c1. The number of benzene rings is 1. The molecule has 0 bridgehead atoms. The molecule has 18 heavy (non-hydrogen) atoms. The second-order valence-electron chi connectivity index (χ2n) is 3.88. The first-order valence-corrected chi connectivity index (χ1v) is 7.21. The quantitative estimate of drug-likeness (QED) is 0.576. The van der Waals surface area contributed by atoms with Crippen LogP contribution in [-0.4, -0.2) is 11.2 Å². The van der Waals surface area contributed by atoms with Gasteiger partial charge in [-0.1, -0.05) is 23.5 Å². The summed E-state index contributed by atoms with van der Waals surface area (Å²) in [5, 5.41) is 7.04. The zero-order valence-corrected chi connectivity index (χ0v) is 11.4. The lowest BCUT2D eigenvalue weighted by atomic mass is 10.2. The number of thiophene rings is 1. The van der Waals surface area contributed by atoms with E-state index in [0.29, 0.717) is 0 Å². The fourth-order valence-corrected chi connectivity index (χ4v) is 3.09. The summed E-state index contributed by atoms with van der Waals surface area (Å²) in [5.41, 5.74) is 5.24. The molecule has 3 rings (SSSR count). The molecule has 0 aliphatic rings. The number of anilines is 1. The highest BCUT2D eigenvalue weighted by atomic mass is 32.1. The van der Waals surface area contributed by atoms with Gasteiger partial charge in [0.25, 0.3) is 0 Å². The van der Waals surface area contributed by atoms with Crippen molar-refractivity contribution in [2.24, 2.45) is 5.10 Å². The van der Waals surface area contributed by atoms with E-state index in [9.17, 15) is 0 Å². The molecular formula is C13H11N3S2. The first-order valence-electron chi connectivity index (χ1n) is 5.51. The highest BCUT2D eigenvalue weighted by Gasteiger charge is 2.02. The van der Waals surface area contributed by atoms with Crippen LogP contribution < -0.4 is 5.43 Å². The van der Waals surface area contributed by atoms with Crippen LogP contribution >= 0.6 is 22.7 Å². The van der Waals surface area contributed by atoms with Crippen LogP contribution in [-0.2, 0) is 0 Å². The smallest absolute Gasteiger partial charge is 0.204 e. The van der Waals surface area contributed by atoms with Crippen molar-refractivity contribution in [2.45, 2.75) is 6.92 Å². The molecule has 0 aliphatic carbocycles. The van der Waals surface area contributed by atoms with Crippen molar-refractivity contribution in [1.82, 2.24) is 4.98 Å². The van der Waals surface area contributed by atoms with Crippen molar-refractivity contribution in [1.29, 1.82) is 0 Å². The van der Waals surface area contributed by atoms with Crippen LogP contribution in [0.1, 0.15) is 10.4 Å². The zero-order chi connectivity index (χ0) is 12.4. The van der Waals surface area contributed by atoms with Gasteiger partial charge in [-0.05, 0) is 36.1 Å². The fraction of sp³-hybridized carbons (Fsp3) is 0.0769. The van der Waals surface area contributed by atoms with Gasteiger partial charge in [0.1, 0.15) is 0 Å². The summed E-state index contributed by atoms with van der Waals surface area (Å²) in [6, 6.07) is 10.3. The Morgan fingerprint density at radius 3 is 3.11 bits per heavy atom. The highest BCUT2D eigenvalue weighted by molar-refractivity contribution is 7.22. The van der Waals surface area contributed by atoms with E-state index in [4.69, 9.17) is 0 Å². The average Bonchev–Trinajstić information content (AvgIpc) is 2.97. The first-order chi connectivity index (χ1) is 8.81. The Balaban J connectivity index is 1.79. The number of hydrogen-bond donors (Lipinski definition) is 1. The van der Waals surface area contributed by atoms with Crippen LogP contribution in [0, 0.1) is 6.92 Å². The monoisotopic (exact) mass is 273 g/mol. The zero-order valence-electron chi connectivity index (χ0n) is 9.75. The van der Waals surface area contributed by atoms with Gasteiger partial charge in [-0.25, -0.2) is 4.98 Å². The van der Waals surface area contributed by atoms with E-state index in [2.05, 4.69) is 34.6 Å². The lowest BCUT2D eigenvalue weighted by Crippen LogP contribution is -1.87. The molecule has 0 atom stereocenters. The Kier molecular flexibility index (Phi) is 3.08. The van der Waals surface area contributed by atoms with Crippen LogP contribution in [0.2, 0.25) is 0 Å². The number of rotatable bonds is 3. The van der Waals surface area contributed by atoms with Gasteiger partial charge in [-0.2, -0.15) is 5.10 Å². The average molecular weight is 273 g/mol. The summed E-state index contributed by atoms with van der Waals surface area (Å²) in [4.78, 5) is 5.59. The molecule has 0 saturated heterocycles. The Morgan fingerprint density at radius 2 is 2.28 bits per heavy atom. The Morgan fingerprint density at radius 1 is 1.33 bits per heavy atom. The van der Waals surface area contributed by atoms with Crippen molar-refractivity contribution >= 4 is 44.2 Å². The predicted octanol–water partition coefficient (Wildman–Crippen LogP) is 4.11. The maximum absolute atomic E-state index is 4.47. The molecule has 90 valence electrons. The summed E-state index contributed by atoms with van der Waals surface area (Å²) in [6.45, 7) is 2.08. The molecule has 3 nitrogen and oxygen atoms in total. The van der Waals surface area contributed by atoms with Crippen molar-refractivity contribution in [2.75, 3.05) is 5.43 Å². The normalized spacial score (nSPS) is 11.4. The number of fused-ring (bicyclic) bond motifs is 1. The number of aromatic nitrogens is 1. The minimum absolute atomic E-state index is 0.823. The summed E-state index contributed by atoms with van der Waals surface area (Å²) >= 11 is 3.27. The third kappa shape index (κ3) is 2.42. The lowest BCUT2D eigenvalue weighted by Gasteiger charge is -1.90. The van der Waals surface area contributed by atoms with Gasteiger partial charge >= 0.3 is 0 Å². The minimum atomic E-state index is 0.823. The summed E-state index contributed by atoms with van der Waals surface area (Å²) in [6.07, 6.45) is 1.81. The molecule has 3 aromatic rings. The molecule has 0 saturated carbocycles. The molecule has 2 heterocycles. The topological polar surface area (TPSA) is 37.3 Å². The van der Waals surface area contributed by atoms with Crippen LogP contribution in [0.25, 0.3) is 10.2 Å². The second kappa shape index (κ2) is 4.88. The van der Waals surface area contributed by atoms with E-state index >= 15 is 0 Å². The fourth-order valence-electron chi connectivity index (χ4n) is 1.60. The molecule has 0 fully saturated rings. The van der Waals surface area contributed by atoms with E-state index < -0.39 is 0 Å². The molecule has 1 N–H and O–H groups in total. The maximum Gasteiger partial charge on any atom is 0.204 e. The largest absolute Gasteiger partial charge is 0.253 e. The summed E-state index contributed by atoms with van der Waals surface area (Å²) < 4.78 is 1.18. The van der Waals surface area contributed by atoms with Crippen molar-refractivity contribution in [3.8, 4) is 0 Å². The number of nitrogens with one attached hydrogen (secondary N) is 1. The van der Waals surface area contributed by atoms with Crippen molar-refractivity contribution < 1.29 is 0 Å². The molecular weight excluding hydrogens is 262 g/mol. The number of hydrogen-bond acceptors (Lipinski definition) is 5. The number of thiazole rings is 1. The molecule has 0 radical (unpaired) electrons. The van der Waals surface area contributed by atoms with E-state index in [0.717, 1.165) is 15.5 Å². The Hall–Kier alpha value is -1.72. The third-order valence-corrected chi connectivity index (χ3v) is 4.17. The third-order valence-electron chi connectivity index (χ3n) is 2.44. The Labute approximate surface area is 113 Å². The summed E-state index contributed by atoms with van der Waals surface area (Å²) in [7, 11) is 0. The molecule has 0 aliphatic heterocycles. The van der Waals surface area contributed by atoms with Crippen molar-refractivity contribution in [3.63, 3.8) is 0 Å². The molecule has 5 heteroatoms. The van der Waals surface area contributed by atoms with Gasteiger partial charge < -0.3 is 0 Å². The molecule has 0 unspecified atom stereocenters. The van der Waals surface area contributed by atoms with Crippen LogP contribution in [0.15, 0.2) is 40.8 Å². The van der Waals surface area contributed by atoms with Crippen LogP contribution in [0.3, 0.4) is 0 Å². The number of hydrazone groups is 1. The molecule has 0 amide bonds. The molecule has 2 aromatic heterocycles.